The van der Waals surface area contributed by atoms with Gasteiger partial charge in [-0.2, -0.15) is 5.26 Å². The lowest BCUT2D eigenvalue weighted by Gasteiger charge is -2.04. The molecule has 1 heterocycles. The van der Waals surface area contributed by atoms with Crippen LogP contribution in [0.25, 0.3) is 10.9 Å². The van der Waals surface area contributed by atoms with Gasteiger partial charge in [0.15, 0.2) is 5.78 Å². The first-order valence-electron chi connectivity index (χ1n) is 6.12. The number of halogens is 2. The lowest BCUT2D eigenvalue weighted by molar-refractivity contribution is 0.103. The average molecular weight is 343 g/mol. The zero-order valence-corrected chi connectivity index (χ0v) is 12.2. The lowest BCUT2D eigenvalue weighted by atomic mass is 9.99. The number of hydrogen-bond donors (Lipinski definition) is 1. The van der Waals surface area contributed by atoms with Gasteiger partial charge in [-0.15, -0.1) is 0 Å². The van der Waals surface area contributed by atoms with Gasteiger partial charge in [-0.1, -0.05) is 12.1 Å². The zero-order chi connectivity index (χ0) is 15.0. The molecule has 3 rings (SSSR count). The van der Waals surface area contributed by atoms with E-state index in [2.05, 4.69) is 27.0 Å². The number of hydrogen-bond acceptors (Lipinski definition) is 2. The summed E-state index contributed by atoms with van der Waals surface area (Å²) in [5, 5.41) is 9.69. The highest BCUT2D eigenvalue weighted by Crippen LogP contribution is 2.27. The van der Waals surface area contributed by atoms with E-state index in [-0.39, 0.29) is 10.0 Å². The Morgan fingerprint density at radius 1 is 1.19 bits per heavy atom. The zero-order valence-electron chi connectivity index (χ0n) is 10.7. The van der Waals surface area contributed by atoms with E-state index < -0.39 is 11.6 Å². The summed E-state index contributed by atoms with van der Waals surface area (Å²) in [7, 11) is 0. The van der Waals surface area contributed by atoms with Gasteiger partial charge in [0.1, 0.15) is 5.82 Å². The van der Waals surface area contributed by atoms with Crippen LogP contribution in [0.1, 0.15) is 21.5 Å². The van der Waals surface area contributed by atoms with Crippen molar-refractivity contribution < 1.29 is 9.18 Å². The van der Waals surface area contributed by atoms with Crippen LogP contribution < -0.4 is 0 Å². The number of carbonyl (C=O) groups excluding carboxylic acids is 1. The second kappa shape index (κ2) is 5.15. The minimum Gasteiger partial charge on any atom is -0.360 e. The van der Waals surface area contributed by atoms with Crippen LogP contribution in [0, 0.1) is 17.1 Å². The standard InChI is InChI=1S/C16H8BrFN2O/c17-12-5-2-4-10(15(12)18)16(21)11-8-20-13-6-1-3-9(7-19)14(11)13/h1-6,8,20H. The molecule has 0 saturated carbocycles. The van der Waals surface area contributed by atoms with E-state index in [4.69, 9.17) is 0 Å². The molecule has 0 saturated heterocycles. The maximum atomic E-state index is 14.1. The Morgan fingerprint density at radius 3 is 2.71 bits per heavy atom. The molecule has 1 N–H and O–H groups in total. The highest BCUT2D eigenvalue weighted by Gasteiger charge is 2.20. The number of nitriles is 1. The van der Waals surface area contributed by atoms with Gasteiger partial charge in [-0.05, 0) is 40.2 Å². The van der Waals surface area contributed by atoms with Gasteiger partial charge in [-0.25, -0.2) is 4.39 Å². The number of carbonyl (C=O) groups is 1. The van der Waals surface area contributed by atoms with Crippen molar-refractivity contribution in [2.75, 3.05) is 0 Å². The Kier molecular flexibility index (Phi) is 3.32. The molecule has 0 spiro atoms. The summed E-state index contributed by atoms with van der Waals surface area (Å²) in [6.07, 6.45) is 1.51. The number of fused-ring (bicyclic) bond motifs is 1. The minimum absolute atomic E-state index is 0.0296. The average Bonchev–Trinajstić information content (AvgIpc) is 2.93. The number of nitrogens with zero attached hydrogens (tertiary/aromatic N) is 1. The molecule has 0 aliphatic rings. The SMILES string of the molecule is N#Cc1cccc2[nH]cc(C(=O)c3cccc(Br)c3F)c12. The quantitative estimate of drug-likeness (QED) is 0.710. The summed E-state index contributed by atoms with van der Waals surface area (Å²) >= 11 is 3.07. The maximum absolute atomic E-state index is 14.1. The normalized spacial score (nSPS) is 10.5. The van der Waals surface area contributed by atoms with Gasteiger partial charge in [-0.3, -0.25) is 4.79 Å². The fourth-order valence-corrected chi connectivity index (χ4v) is 2.65. The smallest absolute Gasteiger partial charge is 0.198 e. The molecule has 3 aromatic rings. The molecule has 21 heavy (non-hydrogen) atoms. The molecule has 3 nitrogen and oxygen atoms in total. The monoisotopic (exact) mass is 342 g/mol. The first kappa shape index (κ1) is 13.5. The van der Waals surface area contributed by atoms with Crippen molar-refractivity contribution in [3.05, 3.63) is 69.6 Å². The molecule has 102 valence electrons. The van der Waals surface area contributed by atoms with Crippen molar-refractivity contribution >= 4 is 32.6 Å². The van der Waals surface area contributed by atoms with Crippen LogP contribution in [0.15, 0.2) is 47.1 Å². The molecule has 0 aliphatic carbocycles. The Balaban J connectivity index is 2.24. The van der Waals surface area contributed by atoms with Crippen LogP contribution in [0.5, 0.6) is 0 Å². The third kappa shape index (κ3) is 2.14. The third-order valence-electron chi connectivity index (χ3n) is 3.27. The van der Waals surface area contributed by atoms with E-state index in [1.54, 1.807) is 24.3 Å². The molecule has 0 radical (unpaired) electrons. The summed E-state index contributed by atoms with van der Waals surface area (Å²) in [4.78, 5) is 15.5. The first-order chi connectivity index (χ1) is 10.1. The van der Waals surface area contributed by atoms with Crippen molar-refractivity contribution in [2.45, 2.75) is 0 Å². The van der Waals surface area contributed by atoms with Gasteiger partial charge in [0, 0.05) is 22.7 Å². The van der Waals surface area contributed by atoms with Crippen LogP contribution in [0.2, 0.25) is 0 Å². The molecule has 0 amide bonds. The Morgan fingerprint density at radius 2 is 1.95 bits per heavy atom. The maximum Gasteiger partial charge on any atom is 0.198 e. The number of H-pyrrole nitrogens is 1. The van der Waals surface area contributed by atoms with Crippen molar-refractivity contribution in [2.24, 2.45) is 0 Å². The van der Waals surface area contributed by atoms with E-state index in [1.807, 2.05) is 0 Å². The number of aromatic nitrogens is 1. The Bertz CT molecular complexity index is 908. The van der Waals surface area contributed by atoms with Gasteiger partial charge < -0.3 is 4.98 Å². The van der Waals surface area contributed by atoms with E-state index >= 15 is 0 Å². The van der Waals surface area contributed by atoms with Crippen molar-refractivity contribution in [1.82, 2.24) is 4.98 Å². The number of nitrogens with one attached hydrogen (secondary N) is 1. The summed E-state index contributed by atoms with van der Waals surface area (Å²) in [5.74, 6) is -1.06. The summed E-state index contributed by atoms with van der Waals surface area (Å²) in [6.45, 7) is 0. The van der Waals surface area contributed by atoms with Crippen molar-refractivity contribution in [3.63, 3.8) is 0 Å². The second-order valence-corrected chi connectivity index (χ2v) is 5.33. The van der Waals surface area contributed by atoms with Crippen LogP contribution in [0.4, 0.5) is 4.39 Å². The molecular weight excluding hydrogens is 335 g/mol. The lowest BCUT2D eigenvalue weighted by Crippen LogP contribution is -2.04. The molecule has 1 aromatic heterocycles. The first-order valence-corrected chi connectivity index (χ1v) is 6.91. The summed E-state index contributed by atoms with van der Waals surface area (Å²) < 4.78 is 14.3. The highest BCUT2D eigenvalue weighted by molar-refractivity contribution is 9.10. The predicted molar refractivity (Wildman–Crippen MR) is 80.5 cm³/mol. The third-order valence-corrected chi connectivity index (χ3v) is 3.88. The largest absolute Gasteiger partial charge is 0.360 e. The van der Waals surface area contributed by atoms with E-state index in [0.717, 1.165) is 0 Å². The molecular formula is C16H8BrFN2O. The molecule has 0 fully saturated rings. The van der Waals surface area contributed by atoms with Crippen molar-refractivity contribution in [1.29, 1.82) is 5.26 Å². The van der Waals surface area contributed by atoms with Crippen LogP contribution >= 0.6 is 15.9 Å². The topological polar surface area (TPSA) is 56.6 Å². The molecule has 0 bridgehead atoms. The van der Waals surface area contributed by atoms with Crippen LogP contribution in [-0.2, 0) is 0 Å². The number of rotatable bonds is 2. The predicted octanol–water partition coefficient (Wildman–Crippen LogP) is 4.17. The minimum atomic E-state index is -0.605. The Labute approximate surface area is 128 Å². The summed E-state index contributed by atoms with van der Waals surface area (Å²) in [5.41, 5.74) is 1.32. The van der Waals surface area contributed by atoms with E-state index in [9.17, 15) is 14.4 Å². The number of benzene rings is 2. The molecule has 0 unspecified atom stereocenters. The molecule has 0 aliphatic heterocycles. The fraction of sp³-hybridized carbons (Fsp3) is 0. The van der Waals surface area contributed by atoms with Gasteiger partial charge in [0.25, 0.3) is 0 Å². The van der Waals surface area contributed by atoms with E-state index in [0.29, 0.717) is 22.0 Å². The number of aromatic amines is 1. The highest BCUT2D eigenvalue weighted by atomic mass is 79.9. The number of ketones is 1. The van der Waals surface area contributed by atoms with Crippen LogP contribution in [0.3, 0.4) is 0 Å². The molecule has 5 heteroatoms. The fourth-order valence-electron chi connectivity index (χ4n) is 2.28. The second-order valence-electron chi connectivity index (χ2n) is 4.47. The van der Waals surface area contributed by atoms with E-state index in [1.165, 1.54) is 18.3 Å². The molecule has 0 atom stereocenters. The van der Waals surface area contributed by atoms with Crippen LogP contribution in [-0.4, -0.2) is 10.8 Å². The van der Waals surface area contributed by atoms with Gasteiger partial charge in [0.2, 0.25) is 0 Å². The Hall–Kier alpha value is -2.45. The van der Waals surface area contributed by atoms with Crippen molar-refractivity contribution in [3.8, 4) is 6.07 Å². The van der Waals surface area contributed by atoms with Gasteiger partial charge >= 0.3 is 0 Å². The molecule has 2 aromatic carbocycles. The summed E-state index contributed by atoms with van der Waals surface area (Å²) in [6, 6.07) is 11.7. The van der Waals surface area contributed by atoms with Gasteiger partial charge in [0.05, 0.1) is 21.7 Å².